The van der Waals surface area contributed by atoms with Gasteiger partial charge in [-0.3, -0.25) is 4.79 Å². The van der Waals surface area contributed by atoms with Gasteiger partial charge in [0.2, 0.25) is 5.91 Å². The van der Waals surface area contributed by atoms with E-state index in [0.29, 0.717) is 6.54 Å². The number of terminal acetylenes is 1. The van der Waals surface area contributed by atoms with Crippen molar-refractivity contribution >= 4 is 5.91 Å². The molecule has 0 saturated heterocycles. The summed E-state index contributed by atoms with van der Waals surface area (Å²) < 4.78 is 5.00. The number of carbonyl (C=O) groups excluding carboxylic acids is 1. The molecule has 0 aliphatic heterocycles. The molecule has 3 nitrogen and oxygen atoms in total. The normalized spacial score (nSPS) is 11.8. The summed E-state index contributed by atoms with van der Waals surface area (Å²) in [7, 11) is 0. The lowest BCUT2D eigenvalue weighted by atomic mass is 10.3. The molecule has 0 aliphatic carbocycles. The summed E-state index contributed by atoms with van der Waals surface area (Å²) in [5, 5.41) is 2.71. The molecule has 1 N–H and O–H groups in total. The zero-order valence-electron chi connectivity index (χ0n) is 7.59. The zero-order chi connectivity index (χ0) is 9.40. The quantitative estimate of drug-likeness (QED) is 0.610. The summed E-state index contributed by atoms with van der Waals surface area (Å²) in [6.45, 7) is 4.54. The lowest BCUT2D eigenvalue weighted by molar-refractivity contribution is -0.130. The van der Waals surface area contributed by atoms with Crippen LogP contribution in [-0.4, -0.2) is 25.2 Å². The molecule has 0 bridgehead atoms. The van der Waals surface area contributed by atoms with Gasteiger partial charge in [0.05, 0.1) is 0 Å². The van der Waals surface area contributed by atoms with Gasteiger partial charge in [-0.2, -0.15) is 0 Å². The Morgan fingerprint density at radius 1 is 1.75 bits per heavy atom. The average Bonchev–Trinajstić information content (AvgIpc) is 2.10. The van der Waals surface area contributed by atoms with E-state index in [4.69, 9.17) is 11.2 Å². The van der Waals surface area contributed by atoms with Gasteiger partial charge in [-0.25, -0.2) is 0 Å². The highest BCUT2D eigenvalue weighted by Gasteiger charge is 2.10. The first-order chi connectivity index (χ1) is 5.72. The number of ether oxygens (including phenoxy) is 1. The third-order valence-corrected chi connectivity index (χ3v) is 1.34. The molecular weight excluding hydrogens is 154 g/mol. The van der Waals surface area contributed by atoms with E-state index >= 15 is 0 Å². The largest absolute Gasteiger partial charge is 0.356 e. The maximum absolute atomic E-state index is 11.1. The molecule has 1 atom stereocenters. The number of hydrogen-bond donors (Lipinski definition) is 1. The van der Waals surface area contributed by atoms with Gasteiger partial charge in [-0.1, -0.05) is 12.8 Å². The lowest BCUT2D eigenvalue weighted by Gasteiger charge is -2.10. The van der Waals surface area contributed by atoms with Crippen LogP contribution in [0.4, 0.5) is 0 Å². The van der Waals surface area contributed by atoms with E-state index in [1.165, 1.54) is 0 Å². The molecule has 1 unspecified atom stereocenters. The number of hydrogen-bond acceptors (Lipinski definition) is 2. The van der Waals surface area contributed by atoms with E-state index in [9.17, 15) is 4.79 Å². The minimum atomic E-state index is -0.451. The molecule has 0 saturated carbocycles. The van der Waals surface area contributed by atoms with Gasteiger partial charge < -0.3 is 10.1 Å². The molecular formula is C9H15NO2. The van der Waals surface area contributed by atoms with E-state index in [-0.39, 0.29) is 12.5 Å². The monoisotopic (exact) mass is 169 g/mol. The molecule has 12 heavy (non-hydrogen) atoms. The van der Waals surface area contributed by atoms with Gasteiger partial charge in [-0.15, -0.1) is 6.42 Å². The number of nitrogens with one attached hydrogen (secondary N) is 1. The summed E-state index contributed by atoms with van der Waals surface area (Å²) in [6, 6.07) is 0. The predicted molar refractivity (Wildman–Crippen MR) is 47.5 cm³/mol. The van der Waals surface area contributed by atoms with Crippen LogP contribution in [0.5, 0.6) is 0 Å². The maximum atomic E-state index is 11.1. The van der Waals surface area contributed by atoms with Crippen molar-refractivity contribution in [1.82, 2.24) is 5.32 Å². The fourth-order valence-corrected chi connectivity index (χ4v) is 0.641. The molecule has 0 fully saturated rings. The van der Waals surface area contributed by atoms with Gasteiger partial charge in [0.1, 0.15) is 12.7 Å². The van der Waals surface area contributed by atoms with Crippen molar-refractivity contribution in [1.29, 1.82) is 0 Å². The van der Waals surface area contributed by atoms with E-state index in [1.807, 2.05) is 6.92 Å². The summed E-state index contributed by atoms with van der Waals surface area (Å²) in [4.78, 5) is 11.1. The molecule has 0 aromatic heterocycles. The third kappa shape index (κ3) is 4.75. The lowest BCUT2D eigenvalue weighted by Crippen LogP contribution is -2.34. The van der Waals surface area contributed by atoms with Gasteiger partial charge in [-0.05, 0) is 13.3 Å². The molecule has 0 aromatic rings. The highest BCUT2D eigenvalue weighted by molar-refractivity contribution is 5.80. The SMILES string of the molecule is C#CCOC(C)C(=O)NCCC. The van der Waals surface area contributed by atoms with Crippen LogP contribution in [0.3, 0.4) is 0 Å². The third-order valence-electron chi connectivity index (χ3n) is 1.34. The number of amides is 1. The van der Waals surface area contributed by atoms with Crippen molar-refractivity contribution < 1.29 is 9.53 Å². The van der Waals surface area contributed by atoms with Crippen molar-refractivity contribution in [3.05, 3.63) is 0 Å². The molecule has 3 heteroatoms. The van der Waals surface area contributed by atoms with Crippen molar-refractivity contribution in [2.24, 2.45) is 0 Å². The van der Waals surface area contributed by atoms with E-state index < -0.39 is 6.10 Å². The van der Waals surface area contributed by atoms with Crippen LogP contribution < -0.4 is 5.32 Å². The molecule has 68 valence electrons. The second kappa shape index (κ2) is 6.68. The van der Waals surface area contributed by atoms with Crippen molar-refractivity contribution in [3.8, 4) is 12.3 Å². The second-order valence-corrected chi connectivity index (χ2v) is 2.45. The van der Waals surface area contributed by atoms with Crippen LogP contribution >= 0.6 is 0 Å². The average molecular weight is 169 g/mol. The Bertz CT molecular complexity index is 172. The van der Waals surface area contributed by atoms with Crippen LogP contribution in [0.15, 0.2) is 0 Å². The van der Waals surface area contributed by atoms with Gasteiger partial charge in [0, 0.05) is 6.54 Å². The van der Waals surface area contributed by atoms with E-state index in [0.717, 1.165) is 6.42 Å². The maximum Gasteiger partial charge on any atom is 0.248 e. The molecule has 0 radical (unpaired) electrons. The first kappa shape index (κ1) is 11.0. The molecule has 0 rings (SSSR count). The first-order valence-electron chi connectivity index (χ1n) is 4.05. The van der Waals surface area contributed by atoms with Crippen LogP contribution in [0.2, 0.25) is 0 Å². The Hall–Kier alpha value is -1.01. The van der Waals surface area contributed by atoms with Crippen molar-refractivity contribution in [2.75, 3.05) is 13.2 Å². The van der Waals surface area contributed by atoms with E-state index in [1.54, 1.807) is 6.92 Å². The Kier molecular flexibility index (Phi) is 6.12. The zero-order valence-corrected chi connectivity index (χ0v) is 7.59. The van der Waals surface area contributed by atoms with Crippen molar-refractivity contribution in [2.45, 2.75) is 26.4 Å². The van der Waals surface area contributed by atoms with Gasteiger partial charge in [0.15, 0.2) is 0 Å². The van der Waals surface area contributed by atoms with Crippen LogP contribution in [0.25, 0.3) is 0 Å². The van der Waals surface area contributed by atoms with E-state index in [2.05, 4.69) is 11.2 Å². The van der Waals surface area contributed by atoms with Gasteiger partial charge >= 0.3 is 0 Å². The Balaban J connectivity index is 3.55. The smallest absolute Gasteiger partial charge is 0.248 e. The Morgan fingerprint density at radius 2 is 2.42 bits per heavy atom. The summed E-state index contributed by atoms with van der Waals surface area (Å²) in [5.41, 5.74) is 0. The Morgan fingerprint density at radius 3 is 2.92 bits per heavy atom. The second-order valence-electron chi connectivity index (χ2n) is 2.45. The number of rotatable bonds is 5. The van der Waals surface area contributed by atoms with Gasteiger partial charge in [0.25, 0.3) is 0 Å². The predicted octanol–water partition coefficient (Wildman–Crippen LogP) is 0.551. The summed E-state index contributed by atoms with van der Waals surface area (Å²) in [6.07, 6.45) is 5.44. The minimum absolute atomic E-state index is 0.105. The summed E-state index contributed by atoms with van der Waals surface area (Å²) >= 11 is 0. The molecule has 0 aliphatic rings. The summed E-state index contributed by atoms with van der Waals surface area (Å²) in [5.74, 6) is 2.20. The Labute approximate surface area is 73.5 Å². The van der Waals surface area contributed by atoms with Crippen LogP contribution in [0.1, 0.15) is 20.3 Å². The number of carbonyl (C=O) groups is 1. The fourth-order valence-electron chi connectivity index (χ4n) is 0.641. The highest BCUT2D eigenvalue weighted by Crippen LogP contribution is 1.89. The first-order valence-corrected chi connectivity index (χ1v) is 4.05. The minimum Gasteiger partial charge on any atom is -0.356 e. The van der Waals surface area contributed by atoms with Crippen molar-refractivity contribution in [3.63, 3.8) is 0 Å². The van der Waals surface area contributed by atoms with Crippen LogP contribution in [0, 0.1) is 12.3 Å². The topological polar surface area (TPSA) is 38.3 Å². The standard InChI is InChI=1S/C9H15NO2/c1-4-6-10-9(11)8(3)12-7-5-2/h2,8H,4,6-7H2,1,3H3,(H,10,11). The fraction of sp³-hybridized carbons (Fsp3) is 0.667. The molecule has 1 amide bonds. The molecule has 0 spiro atoms. The molecule has 0 aromatic carbocycles. The van der Waals surface area contributed by atoms with Crippen LogP contribution in [-0.2, 0) is 9.53 Å². The highest BCUT2D eigenvalue weighted by atomic mass is 16.5. The molecule has 0 heterocycles.